The van der Waals surface area contributed by atoms with Crippen LogP contribution in [0.1, 0.15) is 12.0 Å². The lowest BCUT2D eigenvalue weighted by molar-refractivity contribution is 0.279. The molecule has 0 atom stereocenters. The zero-order chi connectivity index (χ0) is 11.4. The largest absolute Gasteiger partial charge is 0.508 e. The second-order valence-corrected chi connectivity index (χ2v) is 4.19. The van der Waals surface area contributed by atoms with Gasteiger partial charge in [-0.1, -0.05) is 6.07 Å². The second kappa shape index (κ2) is 5.18. The molecule has 2 rings (SSSR count). The number of aromatic hydroxyl groups is 2. The molecule has 3 N–H and O–H groups in total. The van der Waals surface area contributed by atoms with Crippen molar-refractivity contribution < 1.29 is 10.2 Å². The number of rotatable bonds is 2. The van der Waals surface area contributed by atoms with Crippen molar-refractivity contribution in [2.24, 2.45) is 0 Å². The molecule has 4 heteroatoms. The van der Waals surface area contributed by atoms with E-state index in [1.54, 1.807) is 12.1 Å². The number of hydrogen-bond donors (Lipinski definition) is 3. The molecule has 1 fully saturated rings. The number of phenols is 2. The van der Waals surface area contributed by atoms with Gasteiger partial charge in [0.15, 0.2) is 0 Å². The Hall–Kier alpha value is -1.26. The Bertz CT molecular complexity index is 347. The van der Waals surface area contributed by atoms with E-state index in [-0.39, 0.29) is 11.5 Å². The summed E-state index contributed by atoms with van der Waals surface area (Å²) in [6, 6.07) is 4.79. The minimum atomic E-state index is 0.110. The summed E-state index contributed by atoms with van der Waals surface area (Å²) < 4.78 is 0. The Morgan fingerprint density at radius 1 is 1.19 bits per heavy atom. The van der Waals surface area contributed by atoms with Gasteiger partial charge in [0.25, 0.3) is 0 Å². The van der Waals surface area contributed by atoms with Crippen LogP contribution in [0, 0.1) is 0 Å². The van der Waals surface area contributed by atoms with E-state index in [2.05, 4.69) is 10.2 Å². The maximum absolute atomic E-state index is 9.69. The van der Waals surface area contributed by atoms with Gasteiger partial charge in [-0.15, -0.1) is 0 Å². The molecule has 16 heavy (non-hydrogen) atoms. The van der Waals surface area contributed by atoms with Crippen molar-refractivity contribution in [1.82, 2.24) is 10.2 Å². The summed E-state index contributed by atoms with van der Waals surface area (Å²) >= 11 is 0. The molecule has 0 spiro atoms. The monoisotopic (exact) mass is 222 g/mol. The lowest BCUT2D eigenvalue weighted by Gasteiger charge is -2.19. The minimum Gasteiger partial charge on any atom is -0.508 e. The number of phenolic OH excluding ortho intramolecular Hbond substituents is 2. The Kier molecular flexibility index (Phi) is 3.64. The van der Waals surface area contributed by atoms with Gasteiger partial charge in [0.1, 0.15) is 11.5 Å². The smallest absolute Gasteiger partial charge is 0.123 e. The molecule has 88 valence electrons. The van der Waals surface area contributed by atoms with Crippen LogP contribution in [-0.2, 0) is 6.54 Å². The second-order valence-electron chi connectivity index (χ2n) is 4.19. The fraction of sp³-hybridized carbons (Fsp3) is 0.500. The number of nitrogens with zero attached hydrogens (tertiary/aromatic N) is 1. The molecule has 0 unspecified atom stereocenters. The highest BCUT2D eigenvalue weighted by Crippen LogP contribution is 2.23. The molecule has 0 amide bonds. The summed E-state index contributed by atoms with van der Waals surface area (Å²) in [4.78, 5) is 2.31. The quantitative estimate of drug-likeness (QED) is 0.695. The van der Waals surface area contributed by atoms with Gasteiger partial charge in [0.2, 0.25) is 0 Å². The van der Waals surface area contributed by atoms with Crippen molar-refractivity contribution in [3.8, 4) is 11.5 Å². The lowest BCUT2D eigenvalue weighted by atomic mass is 10.1. The van der Waals surface area contributed by atoms with Crippen molar-refractivity contribution in [2.75, 3.05) is 26.2 Å². The first-order chi connectivity index (χ1) is 7.75. The first kappa shape index (κ1) is 11.2. The van der Waals surface area contributed by atoms with Crippen LogP contribution >= 0.6 is 0 Å². The SMILES string of the molecule is Oc1ccc(CN2CCCNCC2)c(O)c1. The van der Waals surface area contributed by atoms with Crippen LogP contribution in [0.3, 0.4) is 0 Å². The fourth-order valence-electron chi connectivity index (χ4n) is 1.99. The fourth-order valence-corrected chi connectivity index (χ4v) is 1.99. The van der Waals surface area contributed by atoms with E-state index in [0.29, 0.717) is 0 Å². The van der Waals surface area contributed by atoms with Crippen molar-refractivity contribution >= 4 is 0 Å². The van der Waals surface area contributed by atoms with Crippen LogP contribution in [-0.4, -0.2) is 41.3 Å². The molecule has 0 bridgehead atoms. The third-order valence-electron chi connectivity index (χ3n) is 2.90. The highest BCUT2D eigenvalue weighted by Gasteiger charge is 2.11. The molecule has 1 aliphatic rings. The number of hydrogen-bond acceptors (Lipinski definition) is 4. The molecule has 1 saturated heterocycles. The van der Waals surface area contributed by atoms with Crippen molar-refractivity contribution in [3.63, 3.8) is 0 Å². The van der Waals surface area contributed by atoms with Gasteiger partial charge in [-0.2, -0.15) is 0 Å². The Labute approximate surface area is 95.5 Å². The van der Waals surface area contributed by atoms with E-state index in [4.69, 9.17) is 0 Å². The molecule has 1 heterocycles. The Morgan fingerprint density at radius 2 is 2.06 bits per heavy atom. The lowest BCUT2D eigenvalue weighted by Crippen LogP contribution is -2.27. The van der Waals surface area contributed by atoms with Crippen LogP contribution in [0.15, 0.2) is 18.2 Å². The molecule has 0 saturated carbocycles. The summed E-state index contributed by atoms with van der Waals surface area (Å²) in [7, 11) is 0. The van der Waals surface area contributed by atoms with Gasteiger partial charge in [-0.25, -0.2) is 0 Å². The number of benzene rings is 1. The van der Waals surface area contributed by atoms with Crippen molar-refractivity contribution in [3.05, 3.63) is 23.8 Å². The average Bonchev–Trinajstić information content (AvgIpc) is 2.51. The third kappa shape index (κ3) is 2.87. The van der Waals surface area contributed by atoms with Crippen LogP contribution in [0.2, 0.25) is 0 Å². The molecule has 0 aromatic heterocycles. The van der Waals surface area contributed by atoms with Gasteiger partial charge < -0.3 is 15.5 Å². The Balaban J connectivity index is 2.01. The Morgan fingerprint density at radius 3 is 2.88 bits per heavy atom. The zero-order valence-electron chi connectivity index (χ0n) is 9.32. The van der Waals surface area contributed by atoms with Gasteiger partial charge in [0.05, 0.1) is 0 Å². The van der Waals surface area contributed by atoms with E-state index in [1.165, 1.54) is 6.07 Å². The molecule has 1 aromatic rings. The molecule has 0 aliphatic carbocycles. The number of nitrogens with one attached hydrogen (secondary N) is 1. The predicted molar refractivity (Wildman–Crippen MR) is 62.5 cm³/mol. The summed E-state index contributed by atoms with van der Waals surface area (Å²) in [6.45, 7) is 4.86. The maximum Gasteiger partial charge on any atom is 0.123 e. The van der Waals surface area contributed by atoms with Crippen LogP contribution in [0.5, 0.6) is 11.5 Å². The topological polar surface area (TPSA) is 55.7 Å². The summed E-state index contributed by atoms with van der Waals surface area (Å²) in [5.74, 6) is 0.288. The summed E-state index contributed by atoms with van der Waals surface area (Å²) in [5, 5.41) is 22.2. The molecular formula is C12H18N2O2. The first-order valence-corrected chi connectivity index (χ1v) is 5.69. The normalized spacial score (nSPS) is 18.2. The molecule has 4 nitrogen and oxygen atoms in total. The molecular weight excluding hydrogens is 204 g/mol. The summed E-state index contributed by atoms with van der Waals surface area (Å²) in [5.41, 5.74) is 0.875. The van der Waals surface area contributed by atoms with Gasteiger partial charge in [0, 0.05) is 31.3 Å². The standard InChI is InChI=1S/C12H18N2O2/c15-11-3-2-10(12(16)8-11)9-14-6-1-4-13-5-7-14/h2-3,8,13,15-16H,1,4-7,9H2. The van der Waals surface area contributed by atoms with Gasteiger partial charge in [-0.05, 0) is 25.6 Å². The predicted octanol–water partition coefficient (Wildman–Crippen LogP) is 0.893. The minimum absolute atomic E-state index is 0.110. The molecule has 1 aliphatic heterocycles. The van der Waals surface area contributed by atoms with E-state index in [0.717, 1.165) is 44.7 Å². The van der Waals surface area contributed by atoms with E-state index >= 15 is 0 Å². The third-order valence-corrected chi connectivity index (χ3v) is 2.90. The molecule has 0 radical (unpaired) electrons. The highest BCUT2D eigenvalue weighted by molar-refractivity contribution is 5.38. The van der Waals surface area contributed by atoms with Gasteiger partial charge >= 0.3 is 0 Å². The van der Waals surface area contributed by atoms with E-state index in [9.17, 15) is 10.2 Å². The maximum atomic E-state index is 9.69. The first-order valence-electron chi connectivity index (χ1n) is 5.69. The van der Waals surface area contributed by atoms with Crippen LogP contribution in [0.4, 0.5) is 0 Å². The van der Waals surface area contributed by atoms with Gasteiger partial charge in [-0.3, -0.25) is 4.90 Å². The zero-order valence-corrected chi connectivity index (χ0v) is 9.32. The van der Waals surface area contributed by atoms with E-state index < -0.39 is 0 Å². The van der Waals surface area contributed by atoms with Crippen LogP contribution in [0.25, 0.3) is 0 Å². The van der Waals surface area contributed by atoms with Crippen LogP contribution < -0.4 is 5.32 Å². The summed E-state index contributed by atoms with van der Waals surface area (Å²) in [6.07, 6.45) is 1.14. The van der Waals surface area contributed by atoms with Crippen molar-refractivity contribution in [2.45, 2.75) is 13.0 Å². The average molecular weight is 222 g/mol. The van der Waals surface area contributed by atoms with E-state index in [1.807, 2.05) is 0 Å². The highest BCUT2D eigenvalue weighted by atomic mass is 16.3. The van der Waals surface area contributed by atoms with Crippen molar-refractivity contribution in [1.29, 1.82) is 0 Å². The molecule has 1 aromatic carbocycles.